The first-order valence-electron chi connectivity index (χ1n) is 20.2. The number of likely N-dealkylation sites (tertiary alicyclic amines) is 2. The number of aliphatic hydroxyl groups excluding tert-OH is 1. The molecule has 0 saturated carbocycles. The Kier molecular flexibility index (Phi) is 11.3. The van der Waals surface area contributed by atoms with Crippen LogP contribution >= 0.6 is 0 Å². The lowest BCUT2D eigenvalue weighted by atomic mass is 10.0. The third kappa shape index (κ3) is 7.65. The monoisotopic (exact) mass is 819 g/mol. The van der Waals surface area contributed by atoms with Crippen molar-refractivity contribution in [3.8, 4) is 22.7 Å². The van der Waals surface area contributed by atoms with Gasteiger partial charge in [-0.15, -0.1) is 0 Å². The molecule has 60 heavy (non-hydrogen) atoms. The summed E-state index contributed by atoms with van der Waals surface area (Å²) in [7, 11) is 1.27. The van der Waals surface area contributed by atoms with Crippen LogP contribution in [-0.4, -0.2) is 119 Å². The van der Waals surface area contributed by atoms with Gasteiger partial charge in [-0.05, 0) is 49.3 Å². The SMILES string of the molecule is COC(=O)N[C@@H](C(=O)N1CCCC1C1=NCC(c2cnc3n(-c4ccc(-c5cnc(C6CCCN6C(=O)[C@@H](NC(=O)CO)C(C)C)[nH]5)cc4O)ccn23)N1)c1ccccc1. The van der Waals surface area contributed by atoms with E-state index in [1.807, 2.05) is 54.9 Å². The molecule has 2 aromatic carbocycles. The Labute approximate surface area is 345 Å². The number of benzene rings is 2. The predicted octanol–water partition coefficient (Wildman–Crippen LogP) is 3.15. The number of nitrogens with zero attached hydrogens (tertiary/aromatic N) is 7. The van der Waals surface area contributed by atoms with Crippen molar-refractivity contribution in [1.82, 2.24) is 49.7 Å². The summed E-state index contributed by atoms with van der Waals surface area (Å²) in [6.07, 6.45) is 9.48. The quantitative estimate of drug-likeness (QED) is 0.108. The van der Waals surface area contributed by atoms with Gasteiger partial charge in [0.25, 0.3) is 5.91 Å². The fraction of sp³-hybridized carbons (Fsp3) is 0.405. The number of phenols is 1. The van der Waals surface area contributed by atoms with Crippen molar-refractivity contribution in [2.24, 2.45) is 10.9 Å². The van der Waals surface area contributed by atoms with Crippen molar-refractivity contribution in [3.05, 3.63) is 90.4 Å². The number of fused-ring (bicyclic) bond motifs is 1. The summed E-state index contributed by atoms with van der Waals surface area (Å²) in [5, 5.41) is 29.5. The molecule has 0 spiro atoms. The molecule has 3 aromatic heterocycles. The maximum Gasteiger partial charge on any atom is 0.407 e. The van der Waals surface area contributed by atoms with Gasteiger partial charge in [-0.1, -0.05) is 50.2 Å². The Morgan fingerprint density at radius 3 is 2.40 bits per heavy atom. The highest BCUT2D eigenvalue weighted by atomic mass is 16.5. The van der Waals surface area contributed by atoms with E-state index in [1.165, 1.54) is 7.11 Å². The molecule has 5 aromatic rings. The molecule has 0 radical (unpaired) electrons. The minimum atomic E-state index is -0.909. The zero-order chi connectivity index (χ0) is 42.1. The third-order valence-electron chi connectivity index (χ3n) is 11.6. The van der Waals surface area contributed by atoms with Crippen LogP contribution in [0.1, 0.15) is 74.7 Å². The molecule has 6 N–H and O–H groups in total. The van der Waals surface area contributed by atoms with Crippen LogP contribution in [0.2, 0.25) is 0 Å². The van der Waals surface area contributed by atoms with Gasteiger partial charge in [0.1, 0.15) is 36.1 Å². The molecule has 18 nitrogen and oxygen atoms in total. The molecule has 314 valence electrons. The minimum absolute atomic E-state index is 0.0227. The van der Waals surface area contributed by atoms with Crippen LogP contribution in [0.25, 0.3) is 22.7 Å². The largest absolute Gasteiger partial charge is 0.506 e. The normalized spacial score (nSPS) is 19.9. The molecule has 3 unspecified atom stereocenters. The van der Waals surface area contributed by atoms with Gasteiger partial charge in [-0.2, -0.15) is 0 Å². The van der Waals surface area contributed by atoms with Crippen molar-refractivity contribution >= 4 is 35.4 Å². The van der Waals surface area contributed by atoms with E-state index in [4.69, 9.17) is 14.7 Å². The smallest absolute Gasteiger partial charge is 0.407 e. The van der Waals surface area contributed by atoms with Crippen molar-refractivity contribution in [2.75, 3.05) is 33.4 Å². The van der Waals surface area contributed by atoms with Gasteiger partial charge in [0, 0.05) is 31.0 Å². The Morgan fingerprint density at radius 2 is 1.68 bits per heavy atom. The van der Waals surface area contributed by atoms with E-state index in [0.29, 0.717) is 66.0 Å². The number of carbonyl (C=O) groups excluding carboxylic acids is 4. The van der Waals surface area contributed by atoms with Crippen LogP contribution in [0, 0.1) is 5.92 Å². The van der Waals surface area contributed by atoms with Gasteiger partial charge in [0.15, 0.2) is 0 Å². The number of hydrogen-bond donors (Lipinski definition) is 6. The van der Waals surface area contributed by atoms with Crippen molar-refractivity contribution in [3.63, 3.8) is 0 Å². The number of imidazole rings is 3. The Balaban J connectivity index is 0.953. The van der Waals surface area contributed by atoms with Crippen LogP contribution in [0.3, 0.4) is 0 Å². The Bertz CT molecular complexity index is 2420. The molecule has 4 amide bonds. The number of ether oxygens (including phenoxy) is 1. The van der Waals surface area contributed by atoms with Crippen LogP contribution in [0.15, 0.2) is 78.3 Å². The fourth-order valence-electron chi connectivity index (χ4n) is 8.53. The fourth-order valence-corrected chi connectivity index (χ4v) is 8.53. The first-order valence-corrected chi connectivity index (χ1v) is 20.2. The highest BCUT2D eigenvalue weighted by Crippen LogP contribution is 2.35. The lowest BCUT2D eigenvalue weighted by molar-refractivity contribution is -0.139. The molecule has 2 saturated heterocycles. The average molecular weight is 820 g/mol. The van der Waals surface area contributed by atoms with Gasteiger partial charge in [-0.3, -0.25) is 28.3 Å². The topological polar surface area (TPSA) is 224 Å². The number of amides is 4. The number of hydrogen-bond acceptors (Lipinski definition) is 11. The Hall–Kier alpha value is -6.69. The number of phenolic OH excluding ortho intramolecular Hbond substituents is 1. The standard InChI is InChI=1S/C42H49N11O7/c1-24(2)35(48-34(56)23-54)39(57)50-15-7-11-30(50)37-43-20-27(46-37)26-13-14-29(33(55)19-26)52-17-18-53-32(22-45-41(52)53)28-21-44-38(47-28)31-12-8-16-51(31)40(58)36(49-42(59)60-3)25-9-5-4-6-10-25/h4-6,9-10,13-14,17-20,22,24,28,30-31,35-36,54-55H,7-8,11-12,15-16,21,23H2,1-3H3,(H,43,46)(H,44,47)(H,48,56)(H,49,59)/t28?,30?,31?,35-,36+/m0/s1. The second kappa shape index (κ2) is 16.9. The molecule has 0 aliphatic carbocycles. The van der Waals surface area contributed by atoms with Gasteiger partial charge in [0.05, 0.1) is 61.2 Å². The van der Waals surface area contributed by atoms with Gasteiger partial charge >= 0.3 is 6.09 Å². The van der Waals surface area contributed by atoms with Crippen LogP contribution in [0.4, 0.5) is 4.79 Å². The second-order valence-electron chi connectivity index (χ2n) is 15.6. The van der Waals surface area contributed by atoms with Crippen LogP contribution in [0.5, 0.6) is 5.75 Å². The number of H-pyrrole nitrogens is 1. The van der Waals surface area contributed by atoms with E-state index < -0.39 is 30.7 Å². The summed E-state index contributed by atoms with van der Waals surface area (Å²) < 4.78 is 8.58. The minimum Gasteiger partial charge on any atom is -0.506 e. The molecule has 3 aliphatic rings. The van der Waals surface area contributed by atoms with E-state index in [0.717, 1.165) is 25.0 Å². The Morgan fingerprint density at radius 1 is 0.933 bits per heavy atom. The number of aromatic hydroxyl groups is 1. The number of aliphatic hydroxyl groups is 1. The summed E-state index contributed by atoms with van der Waals surface area (Å²) in [4.78, 5) is 72.8. The van der Waals surface area contributed by atoms with E-state index in [9.17, 15) is 29.4 Å². The lowest BCUT2D eigenvalue weighted by Gasteiger charge is -2.30. The first kappa shape index (κ1) is 40.1. The molecule has 2 fully saturated rings. The molecular weight excluding hydrogens is 771 g/mol. The number of alkyl carbamates (subject to hydrolysis) is 1. The first-order chi connectivity index (χ1) is 29.1. The number of nitrogens with one attached hydrogen (secondary N) is 4. The van der Waals surface area contributed by atoms with Gasteiger partial charge in [0.2, 0.25) is 17.6 Å². The van der Waals surface area contributed by atoms with Gasteiger partial charge in [-0.25, -0.2) is 14.8 Å². The maximum atomic E-state index is 14.0. The van der Waals surface area contributed by atoms with E-state index >= 15 is 0 Å². The summed E-state index contributed by atoms with van der Waals surface area (Å²) in [5.41, 5.74) is 3.41. The van der Waals surface area contributed by atoms with Gasteiger partial charge < -0.3 is 45.7 Å². The van der Waals surface area contributed by atoms with E-state index in [-0.39, 0.29) is 41.6 Å². The van der Waals surface area contributed by atoms with E-state index in [1.54, 1.807) is 51.0 Å². The molecular formula is C42H49N11O7. The van der Waals surface area contributed by atoms with Crippen LogP contribution in [-0.2, 0) is 19.1 Å². The summed E-state index contributed by atoms with van der Waals surface area (Å²) in [6, 6.07) is 11.9. The summed E-state index contributed by atoms with van der Waals surface area (Å²) >= 11 is 0. The number of aromatic amines is 1. The van der Waals surface area contributed by atoms with Crippen LogP contribution < -0.4 is 16.0 Å². The number of aliphatic imine (C=N–C) groups is 1. The highest BCUT2D eigenvalue weighted by molar-refractivity contribution is 5.95. The second-order valence-corrected chi connectivity index (χ2v) is 15.6. The molecule has 18 heteroatoms. The predicted molar refractivity (Wildman–Crippen MR) is 219 cm³/mol. The van der Waals surface area contributed by atoms with Crippen molar-refractivity contribution in [1.29, 1.82) is 0 Å². The molecule has 5 atom stereocenters. The third-order valence-corrected chi connectivity index (χ3v) is 11.6. The zero-order valence-corrected chi connectivity index (χ0v) is 33.6. The molecule has 0 bridgehead atoms. The molecule has 6 heterocycles. The molecule has 3 aliphatic heterocycles. The zero-order valence-electron chi connectivity index (χ0n) is 33.6. The maximum absolute atomic E-state index is 14.0. The number of carbonyl (C=O) groups is 4. The highest BCUT2D eigenvalue weighted by Gasteiger charge is 2.40. The van der Waals surface area contributed by atoms with Crippen molar-refractivity contribution < 1.29 is 34.1 Å². The lowest BCUT2D eigenvalue weighted by Crippen LogP contribution is -2.51. The number of aromatic nitrogens is 5. The molecule has 8 rings (SSSR count). The van der Waals surface area contributed by atoms with E-state index in [2.05, 4.69) is 25.9 Å². The summed E-state index contributed by atoms with van der Waals surface area (Å²) in [5.74, 6) is 0.697. The number of rotatable bonds is 12. The average Bonchev–Trinajstić information content (AvgIpc) is 4.11. The number of amidine groups is 1. The number of methoxy groups -OCH3 is 1. The van der Waals surface area contributed by atoms with Crippen molar-refractivity contribution in [2.45, 2.75) is 69.7 Å². The summed E-state index contributed by atoms with van der Waals surface area (Å²) in [6.45, 7) is 4.49.